The van der Waals surface area contributed by atoms with Crippen molar-refractivity contribution in [3.63, 3.8) is 0 Å². The van der Waals surface area contributed by atoms with Crippen molar-refractivity contribution < 1.29 is 14.3 Å². The maximum atomic E-state index is 13.7. The van der Waals surface area contributed by atoms with Gasteiger partial charge in [0.2, 0.25) is 0 Å². The summed E-state index contributed by atoms with van der Waals surface area (Å²) in [4.78, 5) is 16.6. The summed E-state index contributed by atoms with van der Waals surface area (Å²) in [5.74, 6) is -1.59. The molecule has 110 valence electrons. The largest absolute Gasteiger partial charge is 0.481 e. The minimum Gasteiger partial charge on any atom is -0.481 e. The van der Waals surface area contributed by atoms with E-state index in [1.807, 2.05) is 6.92 Å². The number of anilines is 1. The predicted octanol–water partition coefficient (Wildman–Crippen LogP) is 3.57. The van der Waals surface area contributed by atoms with Crippen molar-refractivity contribution in [3.05, 3.63) is 46.2 Å². The molecule has 21 heavy (non-hydrogen) atoms. The van der Waals surface area contributed by atoms with Crippen LogP contribution in [0.1, 0.15) is 41.4 Å². The molecule has 0 radical (unpaired) electrons. The molecular formula is C15H15FN2O2S. The van der Waals surface area contributed by atoms with E-state index < -0.39 is 11.9 Å². The van der Waals surface area contributed by atoms with Crippen LogP contribution in [0.2, 0.25) is 0 Å². The third kappa shape index (κ3) is 2.63. The molecular weight excluding hydrogens is 291 g/mol. The second-order valence-electron chi connectivity index (χ2n) is 5.14. The zero-order valence-corrected chi connectivity index (χ0v) is 12.3. The number of hydrogen-bond donors (Lipinski definition) is 2. The number of thiazole rings is 1. The van der Waals surface area contributed by atoms with Crippen molar-refractivity contribution >= 4 is 22.4 Å². The second kappa shape index (κ2) is 5.44. The molecule has 0 saturated heterocycles. The summed E-state index contributed by atoms with van der Waals surface area (Å²) in [5.41, 5.74) is 1.23. The summed E-state index contributed by atoms with van der Waals surface area (Å²) < 4.78 is 13.7. The SMILES string of the molecule is CC(Nc1nc2c(s1)CCC2C(=O)O)c1ccccc1F. The number of aryl methyl sites for hydroxylation is 1. The fraction of sp³-hybridized carbons (Fsp3) is 0.333. The van der Waals surface area contributed by atoms with E-state index in [9.17, 15) is 9.18 Å². The molecule has 2 unspecified atom stereocenters. The first kappa shape index (κ1) is 14.0. The molecule has 4 nitrogen and oxygen atoms in total. The Morgan fingerprint density at radius 1 is 1.52 bits per heavy atom. The molecule has 0 saturated carbocycles. The molecule has 2 aromatic rings. The molecule has 1 aromatic carbocycles. The highest BCUT2D eigenvalue weighted by Crippen LogP contribution is 2.39. The molecule has 1 aliphatic rings. The van der Waals surface area contributed by atoms with Crippen molar-refractivity contribution in [3.8, 4) is 0 Å². The zero-order valence-electron chi connectivity index (χ0n) is 11.5. The van der Waals surface area contributed by atoms with Crippen LogP contribution in [-0.4, -0.2) is 16.1 Å². The number of aromatic nitrogens is 1. The van der Waals surface area contributed by atoms with E-state index >= 15 is 0 Å². The number of carboxylic acids is 1. The molecule has 1 heterocycles. The smallest absolute Gasteiger partial charge is 0.312 e. The normalized spacial score (nSPS) is 18.3. The van der Waals surface area contributed by atoms with Crippen LogP contribution in [0.5, 0.6) is 0 Å². The summed E-state index contributed by atoms with van der Waals surface area (Å²) in [5, 5.41) is 13.0. The van der Waals surface area contributed by atoms with Crippen LogP contribution in [0.4, 0.5) is 9.52 Å². The van der Waals surface area contributed by atoms with Gasteiger partial charge in [0.25, 0.3) is 0 Å². The Hall–Kier alpha value is -1.95. The number of carboxylic acid groups (broad SMARTS) is 1. The third-order valence-corrected chi connectivity index (χ3v) is 4.79. The summed E-state index contributed by atoms with van der Waals surface area (Å²) in [6, 6.07) is 6.38. The molecule has 1 aliphatic carbocycles. The van der Waals surface area contributed by atoms with Crippen LogP contribution in [0.3, 0.4) is 0 Å². The van der Waals surface area contributed by atoms with E-state index in [-0.39, 0.29) is 11.9 Å². The van der Waals surface area contributed by atoms with Gasteiger partial charge < -0.3 is 10.4 Å². The van der Waals surface area contributed by atoms with E-state index in [0.717, 1.165) is 11.3 Å². The summed E-state index contributed by atoms with van der Waals surface area (Å²) >= 11 is 1.46. The Balaban J connectivity index is 1.79. The average Bonchev–Trinajstić information content (AvgIpc) is 2.98. The lowest BCUT2D eigenvalue weighted by atomic mass is 10.1. The Kier molecular flexibility index (Phi) is 3.63. The monoisotopic (exact) mass is 306 g/mol. The van der Waals surface area contributed by atoms with Crippen molar-refractivity contribution in [2.45, 2.75) is 31.7 Å². The Labute approximate surface area is 125 Å². The quantitative estimate of drug-likeness (QED) is 0.906. The first-order valence-electron chi connectivity index (χ1n) is 6.79. The highest BCUT2D eigenvalue weighted by Gasteiger charge is 2.32. The van der Waals surface area contributed by atoms with Gasteiger partial charge in [0, 0.05) is 10.4 Å². The van der Waals surface area contributed by atoms with E-state index in [1.165, 1.54) is 17.4 Å². The van der Waals surface area contributed by atoms with Gasteiger partial charge >= 0.3 is 5.97 Å². The van der Waals surface area contributed by atoms with Gasteiger partial charge in [0.05, 0.1) is 11.7 Å². The highest BCUT2D eigenvalue weighted by atomic mass is 32.1. The topological polar surface area (TPSA) is 62.2 Å². The summed E-state index contributed by atoms with van der Waals surface area (Å²) in [6.07, 6.45) is 1.37. The third-order valence-electron chi connectivity index (χ3n) is 3.73. The van der Waals surface area contributed by atoms with Crippen LogP contribution < -0.4 is 5.32 Å². The number of aliphatic carboxylic acids is 1. The molecule has 0 amide bonds. The van der Waals surface area contributed by atoms with Gasteiger partial charge in [0.1, 0.15) is 11.7 Å². The Morgan fingerprint density at radius 2 is 2.29 bits per heavy atom. The number of benzene rings is 1. The fourth-order valence-corrected chi connectivity index (χ4v) is 3.74. The molecule has 2 atom stereocenters. The first-order chi connectivity index (χ1) is 10.1. The number of fused-ring (bicyclic) bond motifs is 1. The minimum absolute atomic E-state index is 0.222. The van der Waals surface area contributed by atoms with Gasteiger partial charge in [-0.1, -0.05) is 18.2 Å². The maximum Gasteiger partial charge on any atom is 0.312 e. The van der Waals surface area contributed by atoms with Crippen molar-refractivity contribution in [2.75, 3.05) is 5.32 Å². The molecule has 3 rings (SSSR count). The Morgan fingerprint density at radius 3 is 3.00 bits per heavy atom. The number of halogens is 1. The lowest BCUT2D eigenvalue weighted by Crippen LogP contribution is -2.10. The number of hydrogen-bond acceptors (Lipinski definition) is 4. The second-order valence-corrected chi connectivity index (χ2v) is 6.23. The van der Waals surface area contributed by atoms with Crippen molar-refractivity contribution in [1.82, 2.24) is 4.98 Å². The molecule has 0 bridgehead atoms. The van der Waals surface area contributed by atoms with E-state index in [4.69, 9.17) is 5.11 Å². The molecule has 2 N–H and O–H groups in total. The number of nitrogens with one attached hydrogen (secondary N) is 1. The van der Waals surface area contributed by atoms with Gasteiger partial charge in [-0.3, -0.25) is 4.79 Å². The van der Waals surface area contributed by atoms with E-state index in [0.29, 0.717) is 22.8 Å². The van der Waals surface area contributed by atoms with Gasteiger partial charge in [-0.15, -0.1) is 11.3 Å². The van der Waals surface area contributed by atoms with Crippen LogP contribution >= 0.6 is 11.3 Å². The Bertz CT molecular complexity index is 686. The van der Waals surface area contributed by atoms with Crippen LogP contribution in [0.15, 0.2) is 24.3 Å². The van der Waals surface area contributed by atoms with Crippen LogP contribution in [0.25, 0.3) is 0 Å². The first-order valence-corrected chi connectivity index (χ1v) is 7.61. The zero-order chi connectivity index (χ0) is 15.0. The van der Waals surface area contributed by atoms with Crippen LogP contribution in [0, 0.1) is 5.82 Å². The average molecular weight is 306 g/mol. The molecule has 0 aliphatic heterocycles. The highest BCUT2D eigenvalue weighted by molar-refractivity contribution is 7.15. The summed E-state index contributed by atoms with van der Waals surface area (Å²) in [7, 11) is 0. The molecule has 0 spiro atoms. The molecule has 1 aromatic heterocycles. The maximum absolute atomic E-state index is 13.7. The lowest BCUT2D eigenvalue weighted by Gasteiger charge is -2.14. The minimum atomic E-state index is -0.826. The number of carbonyl (C=O) groups is 1. The fourth-order valence-electron chi connectivity index (χ4n) is 2.62. The standard InChI is InChI=1S/C15H15FN2O2S/c1-8(9-4-2-3-5-11(9)16)17-15-18-13-10(14(19)20)6-7-12(13)21-15/h2-5,8,10H,6-7H2,1H3,(H,17,18)(H,19,20). The van der Waals surface area contributed by atoms with Crippen molar-refractivity contribution in [1.29, 1.82) is 0 Å². The number of rotatable bonds is 4. The van der Waals surface area contributed by atoms with Gasteiger partial charge in [0.15, 0.2) is 5.13 Å². The van der Waals surface area contributed by atoms with E-state index in [2.05, 4.69) is 10.3 Å². The van der Waals surface area contributed by atoms with Gasteiger partial charge in [-0.25, -0.2) is 9.37 Å². The molecule has 6 heteroatoms. The molecule has 0 fully saturated rings. The van der Waals surface area contributed by atoms with Crippen molar-refractivity contribution in [2.24, 2.45) is 0 Å². The lowest BCUT2D eigenvalue weighted by molar-refractivity contribution is -0.138. The van der Waals surface area contributed by atoms with Crippen LogP contribution in [-0.2, 0) is 11.2 Å². The van der Waals surface area contributed by atoms with Gasteiger partial charge in [-0.05, 0) is 25.8 Å². The van der Waals surface area contributed by atoms with Gasteiger partial charge in [-0.2, -0.15) is 0 Å². The predicted molar refractivity (Wildman–Crippen MR) is 79.2 cm³/mol. The summed E-state index contributed by atoms with van der Waals surface area (Å²) in [6.45, 7) is 1.86. The van der Waals surface area contributed by atoms with E-state index in [1.54, 1.807) is 18.2 Å². The number of nitrogens with zero attached hydrogens (tertiary/aromatic N) is 1.